The highest BCUT2D eigenvalue weighted by atomic mass is 19.1. The number of halogens is 1. The van der Waals surface area contributed by atoms with Gasteiger partial charge in [-0.25, -0.2) is 4.39 Å². The van der Waals surface area contributed by atoms with Gasteiger partial charge in [0.05, 0.1) is 12.7 Å². The zero-order valence-corrected chi connectivity index (χ0v) is 14.1. The van der Waals surface area contributed by atoms with Crippen LogP contribution >= 0.6 is 0 Å². The average Bonchev–Trinajstić information content (AvgIpc) is 3.06. The van der Waals surface area contributed by atoms with Crippen molar-refractivity contribution in [1.82, 2.24) is 4.90 Å². The smallest absolute Gasteiger partial charge is 0.108 e. The lowest BCUT2D eigenvalue weighted by atomic mass is 9.69. The normalized spacial score (nSPS) is 39.3. The molecule has 2 saturated carbocycles. The van der Waals surface area contributed by atoms with Gasteiger partial charge >= 0.3 is 0 Å². The van der Waals surface area contributed by atoms with E-state index in [0.29, 0.717) is 16.9 Å². The summed E-state index contributed by atoms with van der Waals surface area (Å²) < 4.78 is 19.9. The lowest BCUT2D eigenvalue weighted by Crippen LogP contribution is -2.38. The third kappa shape index (κ3) is 3.79. The highest BCUT2D eigenvalue weighted by Crippen LogP contribution is 2.51. The van der Waals surface area contributed by atoms with Crippen molar-refractivity contribution in [2.75, 3.05) is 26.2 Å². The first-order chi connectivity index (χ1) is 9.82. The standard InChI is InChI=1S/C18H32FNO/c1-15(2)21-14-18(8-9-18)13-20-11-10-17(12-20)6-4-16(3,19)5-7-17/h15H,4-14H2,1-3H3. The molecule has 1 aliphatic heterocycles. The van der Waals surface area contributed by atoms with Gasteiger partial charge in [-0.1, -0.05) is 0 Å². The fourth-order valence-electron chi connectivity index (χ4n) is 4.22. The predicted molar refractivity (Wildman–Crippen MR) is 84.2 cm³/mol. The Balaban J connectivity index is 1.49. The summed E-state index contributed by atoms with van der Waals surface area (Å²) in [7, 11) is 0. The highest BCUT2D eigenvalue weighted by molar-refractivity contribution is 5.01. The van der Waals surface area contributed by atoms with E-state index in [-0.39, 0.29) is 0 Å². The second-order valence-electron chi connectivity index (χ2n) is 8.73. The summed E-state index contributed by atoms with van der Waals surface area (Å²) >= 11 is 0. The van der Waals surface area contributed by atoms with Crippen LogP contribution in [0.25, 0.3) is 0 Å². The molecule has 0 bridgehead atoms. The van der Waals surface area contributed by atoms with Crippen molar-refractivity contribution in [2.45, 2.75) is 77.5 Å². The Morgan fingerprint density at radius 2 is 1.71 bits per heavy atom. The van der Waals surface area contributed by atoms with Crippen LogP contribution in [0, 0.1) is 10.8 Å². The Morgan fingerprint density at radius 3 is 2.29 bits per heavy atom. The zero-order chi connectivity index (χ0) is 15.1. The monoisotopic (exact) mass is 297 g/mol. The Kier molecular flexibility index (Phi) is 4.11. The van der Waals surface area contributed by atoms with Crippen LogP contribution in [0.4, 0.5) is 4.39 Å². The van der Waals surface area contributed by atoms with Gasteiger partial charge in [0, 0.05) is 18.5 Å². The lowest BCUT2D eigenvalue weighted by molar-refractivity contribution is 0.0279. The number of likely N-dealkylation sites (tertiary alicyclic amines) is 1. The Labute approximate surface area is 129 Å². The molecule has 2 aliphatic carbocycles. The van der Waals surface area contributed by atoms with Crippen molar-refractivity contribution in [3.63, 3.8) is 0 Å². The van der Waals surface area contributed by atoms with Gasteiger partial charge in [-0.15, -0.1) is 0 Å². The van der Waals surface area contributed by atoms with E-state index in [4.69, 9.17) is 4.74 Å². The Hall–Kier alpha value is -0.150. The summed E-state index contributed by atoms with van der Waals surface area (Å²) in [4.78, 5) is 2.65. The van der Waals surface area contributed by atoms with Gasteiger partial charge in [-0.3, -0.25) is 0 Å². The van der Waals surface area contributed by atoms with Crippen molar-refractivity contribution >= 4 is 0 Å². The average molecular weight is 297 g/mol. The number of nitrogens with zero attached hydrogens (tertiary/aromatic N) is 1. The van der Waals surface area contributed by atoms with Crippen LogP contribution in [0.5, 0.6) is 0 Å². The maximum Gasteiger partial charge on any atom is 0.108 e. The molecule has 2 nitrogen and oxygen atoms in total. The van der Waals surface area contributed by atoms with E-state index < -0.39 is 5.67 Å². The van der Waals surface area contributed by atoms with Crippen molar-refractivity contribution in [3.05, 3.63) is 0 Å². The highest BCUT2D eigenvalue weighted by Gasteiger charge is 2.49. The molecule has 3 heteroatoms. The summed E-state index contributed by atoms with van der Waals surface area (Å²) in [5, 5.41) is 0. The van der Waals surface area contributed by atoms with Crippen molar-refractivity contribution in [1.29, 1.82) is 0 Å². The minimum absolute atomic E-state index is 0.341. The van der Waals surface area contributed by atoms with Crippen LogP contribution in [0.1, 0.15) is 65.7 Å². The topological polar surface area (TPSA) is 12.5 Å². The Bertz CT molecular complexity index is 365. The van der Waals surface area contributed by atoms with Crippen LogP contribution in [-0.2, 0) is 4.74 Å². The van der Waals surface area contributed by atoms with E-state index in [1.165, 1.54) is 38.9 Å². The van der Waals surface area contributed by atoms with Crippen LogP contribution < -0.4 is 0 Å². The van der Waals surface area contributed by atoms with Crippen LogP contribution in [0.3, 0.4) is 0 Å². The summed E-state index contributed by atoms with van der Waals surface area (Å²) in [5.41, 5.74) is -0.0266. The van der Waals surface area contributed by atoms with Gasteiger partial charge in [-0.05, 0) is 77.7 Å². The van der Waals surface area contributed by atoms with Crippen LogP contribution in [-0.4, -0.2) is 42.9 Å². The van der Waals surface area contributed by atoms with Crippen LogP contribution in [0.15, 0.2) is 0 Å². The van der Waals surface area contributed by atoms with Crippen molar-refractivity contribution < 1.29 is 9.13 Å². The Morgan fingerprint density at radius 1 is 1.05 bits per heavy atom. The van der Waals surface area contributed by atoms with Gasteiger partial charge in [0.15, 0.2) is 0 Å². The SMILES string of the molecule is CC(C)OCC1(CN2CCC3(CCC(C)(F)CC3)C2)CC1. The van der Waals surface area contributed by atoms with Gasteiger partial charge in [0.25, 0.3) is 0 Å². The van der Waals surface area contributed by atoms with Gasteiger partial charge in [0.1, 0.15) is 5.67 Å². The summed E-state index contributed by atoms with van der Waals surface area (Å²) in [6, 6.07) is 0. The molecule has 0 aromatic carbocycles. The molecule has 3 fully saturated rings. The molecule has 0 amide bonds. The number of alkyl halides is 1. The van der Waals surface area contributed by atoms with Crippen LogP contribution in [0.2, 0.25) is 0 Å². The molecule has 0 aromatic rings. The van der Waals surface area contributed by atoms with E-state index in [0.717, 1.165) is 32.3 Å². The molecule has 0 radical (unpaired) electrons. The third-order valence-corrected chi connectivity index (χ3v) is 6.11. The first kappa shape index (κ1) is 15.7. The molecule has 3 aliphatic rings. The number of hydrogen-bond acceptors (Lipinski definition) is 2. The maximum atomic E-state index is 14.0. The predicted octanol–water partition coefficient (Wildman–Crippen LogP) is 4.19. The van der Waals surface area contributed by atoms with Crippen molar-refractivity contribution in [3.8, 4) is 0 Å². The molecule has 21 heavy (non-hydrogen) atoms. The summed E-state index contributed by atoms with van der Waals surface area (Å²) in [6.07, 6.45) is 7.98. The van der Waals surface area contributed by atoms with E-state index >= 15 is 0 Å². The van der Waals surface area contributed by atoms with Crippen molar-refractivity contribution in [2.24, 2.45) is 10.8 Å². The van der Waals surface area contributed by atoms with E-state index in [9.17, 15) is 4.39 Å². The molecular formula is C18H32FNO. The lowest BCUT2D eigenvalue weighted by Gasteiger charge is -2.39. The fraction of sp³-hybridized carbons (Fsp3) is 1.00. The molecule has 0 N–H and O–H groups in total. The van der Waals surface area contributed by atoms with Gasteiger partial charge < -0.3 is 9.64 Å². The minimum atomic E-state index is -0.901. The molecule has 1 spiro atoms. The summed E-state index contributed by atoms with van der Waals surface area (Å²) in [5.74, 6) is 0. The second-order valence-corrected chi connectivity index (χ2v) is 8.73. The molecule has 0 aromatic heterocycles. The molecule has 122 valence electrons. The van der Waals surface area contributed by atoms with E-state index in [2.05, 4.69) is 18.7 Å². The van der Waals surface area contributed by atoms with Gasteiger partial charge in [0.2, 0.25) is 0 Å². The molecular weight excluding hydrogens is 265 g/mol. The van der Waals surface area contributed by atoms with E-state index in [1.54, 1.807) is 6.92 Å². The summed E-state index contributed by atoms with van der Waals surface area (Å²) in [6.45, 7) is 10.6. The number of hydrogen-bond donors (Lipinski definition) is 0. The molecule has 3 rings (SSSR count). The molecule has 1 saturated heterocycles. The fourth-order valence-corrected chi connectivity index (χ4v) is 4.22. The first-order valence-corrected chi connectivity index (χ1v) is 8.85. The number of ether oxygens (including phenoxy) is 1. The largest absolute Gasteiger partial charge is 0.378 e. The zero-order valence-electron chi connectivity index (χ0n) is 14.1. The quantitative estimate of drug-likeness (QED) is 0.754. The molecule has 0 atom stereocenters. The first-order valence-electron chi connectivity index (χ1n) is 8.85. The molecule has 1 heterocycles. The van der Waals surface area contributed by atoms with Gasteiger partial charge in [-0.2, -0.15) is 0 Å². The second kappa shape index (κ2) is 5.49. The minimum Gasteiger partial charge on any atom is -0.378 e. The third-order valence-electron chi connectivity index (χ3n) is 6.11. The maximum absolute atomic E-state index is 14.0. The molecule has 0 unspecified atom stereocenters. The van der Waals surface area contributed by atoms with E-state index in [1.807, 2.05) is 0 Å². The number of rotatable bonds is 5.